The van der Waals surface area contributed by atoms with Crippen LogP contribution >= 0.6 is 11.3 Å². The summed E-state index contributed by atoms with van der Waals surface area (Å²) in [6.07, 6.45) is 2.40. The van der Waals surface area contributed by atoms with E-state index in [2.05, 4.69) is 59.0 Å². The van der Waals surface area contributed by atoms with Crippen LogP contribution in [0.4, 0.5) is 5.69 Å². The Morgan fingerprint density at radius 1 is 1.25 bits per heavy atom. The van der Waals surface area contributed by atoms with Gasteiger partial charge >= 0.3 is 0 Å². The van der Waals surface area contributed by atoms with Crippen LogP contribution in [0.25, 0.3) is 0 Å². The summed E-state index contributed by atoms with van der Waals surface area (Å²) in [5.74, 6) is 0.667. The normalized spacial score (nSPS) is 17.8. The molecule has 1 unspecified atom stereocenters. The van der Waals surface area contributed by atoms with Crippen LogP contribution in [0, 0.1) is 0 Å². The second kappa shape index (κ2) is 6.42. The van der Waals surface area contributed by atoms with Gasteiger partial charge in [0.2, 0.25) is 0 Å². The van der Waals surface area contributed by atoms with Crippen LogP contribution in [0.5, 0.6) is 0 Å². The summed E-state index contributed by atoms with van der Waals surface area (Å²) in [5, 5.41) is 5.67. The molecule has 2 aromatic rings. The van der Waals surface area contributed by atoms with Crippen molar-refractivity contribution in [3.63, 3.8) is 0 Å². The maximum Gasteiger partial charge on any atom is 0.0376 e. The molecule has 0 amide bonds. The number of nitrogens with one attached hydrogen (secondary N) is 1. The molecule has 106 valence electrons. The van der Waals surface area contributed by atoms with Gasteiger partial charge < -0.3 is 10.2 Å². The molecule has 2 nitrogen and oxygen atoms in total. The summed E-state index contributed by atoms with van der Waals surface area (Å²) in [4.78, 5) is 3.97. The average molecular weight is 286 g/mol. The second-order valence-electron chi connectivity index (χ2n) is 5.59. The molecule has 0 bridgehead atoms. The van der Waals surface area contributed by atoms with Crippen LogP contribution in [0.1, 0.15) is 22.8 Å². The van der Waals surface area contributed by atoms with Crippen LogP contribution in [0.2, 0.25) is 0 Å². The third-order valence-corrected chi connectivity index (χ3v) is 5.00. The lowest BCUT2D eigenvalue weighted by Gasteiger charge is -2.30. The minimum atomic E-state index is 0.667. The molecule has 0 radical (unpaired) electrons. The van der Waals surface area contributed by atoms with E-state index in [9.17, 15) is 0 Å². The van der Waals surface area contributed by atoms with E-state index in [1.165, 1.54) is 29.0 Å². The predicted molar refractivity (Wildman–Crippen MR) is 87.8 cm³/mol. The van der Waals surface area contributed by atoms with Crippen LogP contribution in [-0.4, -0.2) is 31.6 Å². The van der Waals surface area contributed by atoms with E-state index < -0.39 is 0 Å². The molecule has 1 aromatic heterocycles. The lowest BCUT2D eigenvalue weighted by atomic mass is 9.90. The van der Waals surface area contributed by atoms with Crippen molar-refractivity contribution in [1.82, 2.24) is 4.90 Å². The van der Waals surface area contributed by atoms with Crippen molar-refractivity contribution >= 4 is 17.0 Å². The van der Waals surface area contributed by atoms with Gasteiger partial charge in [-0.2, -0.15) is 0 Å². The summed E-state index contributed by atoms with van der Waals surface area (Å²) in [7, 11) is 2.25. The third kappa shape index (κ3) is 3.22. The van der Waals surface area contributed by atoms with Gasteiger partial charge in [0.05, 0.1) is 0 Å². The zero-order chi connectivity index (χ0) is 13.8. The zero-order valence-electron chi connectivity index (χ0n) is 12.0. The molecule has 2 heterocycles. The lowest BCUT2D eigenvalue weighted by molar-refractivity contribution is 0.309. The van der Waals surface area contributed by atoms with E-state index in [-0.39, 0.29) is 0 Å². The van der Waals surface area contributed by atoms with Gasteiger partial charge in [-0.05, 0) is 43.0 Å². The van der Waals surface area contributed by atoms with Gasteiger partial charge in [-0.25, -0.2) is 0 Å². The zero-order valence-corrected chi connectivity index (χ0v) is 12.8. The van der Waals surface area contributed by atoms with Gasteiger partial charge in [-0.3, -0.25) is 0 Å². The molecule has 1 aliphatic heterocycles. The fourth-order valence-corrected chi connectivity index (χ4v) is 3.66. The number of hydrogen-bond acceptors (Lipinski definition) is 3. The second-order valence-corrected chi connectivity index (χ2v) is 6.62. The van der Waals surface area contributed by atoms with Crippen LogP contribution in [0.15, 0.2) is 41.8 Å². The topological polar surface area (TPSA) is 15.3 Å². The summed E-state index contributed by atoms with van der Waals surface area (Å²) in [6.45, 7) is 3.40. The maximum absolute atomic E-state index is 3.50. The number of rotatable bonds is 5. The summed E-state index contributed by atoms with van der Waals surface area (Å²) >= 11 is 1.86. The highest BCUT2D eigenvalue weighted by molar-refractivity contribution is 7.09. The van der Waals surface area contributed by atoms with Gasteiger partial charge in [-0.15, -0.1) is 11.3 Å². The molecule has 0 saturated carbocycles. The maximum atomic E-state index is 3.50. The minimum Gasteiger partial charge on any atom is -0.385 e. The molecule has 1 aliphatic rings. The Balaban J connectivity index is 1.58. The Hall–Kier alpha value is -1.32. The van der Waals surface area contributed by atoms with E-state index in [1.807, 2.05) is 11.3 Å². The SMILES string of the molecule is CN(CCc1cccs1)CC1CCNc2ccccc21. The first-order valence-corrected chi connectivity index (χ1v) is 8.24. The monoisotopic (exact) mass is 286 g/mol. The van der Waals surface area contributed by atoms with Crippen molar-refractivity contribution in [2.45, 2.75) is 18.8 Å². The first kappa shape index (κ1) is 13.7. The largest absolute Gasteiger partial charge is 0.385 e. The van der Waals surface area contributed by atoms with E-state index in [0.717, 1.165) is 19.6 Å². The molecule has 1 N–H and O–H groups in total. The van der Waals surface area contributed by atoms with E-state index in [4.69, 9.17) is 0 Å². The van der Waals surface area contributed by atoms with Crippen LogP contribution < -0.4 is 5.32 Å². The van der Waals surface area contributed by atoms with E-state index in [1.54, 1.807) is 0 Å². The molecule has 0 spiro atoms. The minimum absolute atomic E-state index is 0.667. The Morgan fingerprint density at radius 3 is 3.00 bits per heavy atom. The number of para-hydroxylation sites is 1. The fraction of sp³-hybridized carbons (Fsp3) is 0.412. The first-order chi connectivity index (χ1) is 9.83. The third-order valence-electron chi connectivity index (χ3n) is 4.06. The Labute approximate surface area is 125 Å². The van der Waals surface area contributed by atoms with Gasteiger partial charge in [0.25, 0.3) is 0 Å². The molecule has 0 saturated heterocycles. The molecular weight excluding hydrogens is 264 g/mol. The highest BCUT2D eigenvalue weighted by Crippen LogP contribution is 2.31. The standard InChI is InChI=1S/C17H22N2S/c1-19(11-9-15-5-4-12-20-15)13-14-8-10-18-17-7-3-2-6-16(14)17/h2-7,12,14,18H,8-11,13H2,1H3. The van der Waals surface area contributed by atoms with Gasteiger partial charge in [0, 0.05) is 36.1 Å². The van der Waals surface area contributed by atoms with Crippen molar-refractivity contribution < 1.29 is 0 Å². The smallest absolute Gasteiger partial charge is 0.0376 e. The summed E-state index contributed by atoms with van der Waals surface area (Å²) < 4.78 is 0. The predicted octanol–water partition coefficient (Wildman–Crippen LogP) is 3.82. The van der Waals surface area contributed by atoms with E-state index >= 15 is 0 Å². The molecule has 0 aliphatic carbocycles. The van der Waals surface area contributed by atoms with Crippen LogP contribution in [0.3, 0.4) is 0 Å². The van der Waals surface area contributed by atoms with Crippen molar-refractivity contribution in [3.8, 4) is 0 Å². The van der Waals surface area contributed by atoms with Gasteiger partial charge in [-0.1, -0.05) is 24.3 Å². The molecule has 3 heteroatoms. The van der Waals surface area contributed by atoms with Crippen molar-refractivity contribution in [1.29, 1.82) is 0 Å². The molecule has 3 rings (SSSR count). The number of nitrogens with zero attached hydrogens (tertiary/aromatic N) is 1. The Morgan fingerprint density at radius 2 is 2.15 bits per heavy atom. The average Bonchev–Trinajstić information content (AvgIpc) is 2.99. The summed E-state index contributed by atoms with van der Waals surface area (Å²) in [5.41, 5.74) is 2.82. The Kier molecular flexibility index (Phi) is 4.38. The number of benzene rings is 1. The van der Waals surface area contributed by atoms with Gasteiger partial charge in [0.1, 0.15) is 0 Å². The number of hydrogen-bond donors (Lipinski definition) is 1. The van der Waals surface area contributed by atoms with Crippen molar-refractivity contribution in [2.75, 3.05) is 32.0 Å². The number of anilines is 1. The lowest BCUT2D eigenvalue weighted by Crippen LogP contribution is -2.30. The highest BCUT2D eigenvalue weighted by Gasteiger charge is 2.20. The van der Waals surface area contributed by atoms with E-state index in [0.29, 0.717) is 5.92 Å². The summed E-state index contributed by atoms with van der Waals surface area (Å²) in [6, 6.07) is 13.1. The number of fused-ring (bicyclic) bond motifs is 1. The first-order valence-electron chi connectivity index (χ1n) is 7.36. The van der Waals surface area contributed by atoms with Crippen LogP contribution in [-0.2, 0) is 6.42 Å². The Bertz CT molecular complexity index is 536. The molecule has 1 aromatic carbocycles. The highest BCUT2D eigenvalue weighted by atomic mass is 32.1. The number of thiophene rings is 1. The van der Waals surface area contributed by atoms with Crippen molar-refractivity contribution in [2.24, 2.45) is 0 Å². The number of likely N-dealkylation sites (N-methyl/N-ethyl adjacent to an activating group) is 1. The quantitative estimate of drug-likeness (QED) is 0.899. The molecule has 20 heavy (non-hydrogen) atoms. The van der Waals surface area contributed by atoms with Crippen molar-refractivity contribution in [3.05, 3.63) is 52.2 Å². The molecular formula is C17H22N2S. The molecule has 1 atom stereocenters. The van der Waals surface area contributed by atoms with Gasteiger partial charge in [0.15, 0.2) is 0 Å². The fourth-order valence-electron chi connectivity index (χ4n) is 2.96. The molecule has 0 fully saturated rings.